The van der Waals surface area contributed by atoms with Gasteiger partial charge in [0.2, 0.25) is 0 Å². The Bertz CT molecular complexity index is 916. The van der Waals surface area contributed by atoms with E-state index in [2.05, 4.69) is 62.1 Å². The third-order valence-electron chi connectivity index (χ3n) is 7.65. The van der Waals surface area contributed by atoms with Gasteiger partial charge in [-0.05, 0) is 103 Å². The van der Waals surface area contributed by atoms with Crippen LogP contribution in [0.3, 0.4) is 0 Å². The molecule has 0 unspecified atom stereocenters. The van der Waals surface area contributed by atoms with Crippen LogP contribution in [0.4, 0.5) is 0 Å². The number of ether oxygens (including phenoxy) is 1. The molecule has 32 heavy (non-hydrogen) atoms. The first kappa shape index (κ1) is 23.1. The molecule has 0 aromatic heterocycles. The normalized spacial score (nSPS) is 23.3. The molecular weight excluding hydrogens is 398 g/mol. The van der Waals surface area contributed by atoms with E-state index in [0.29, 0.717) is 23.9 Å². The van der Waals surface area contributed by atoms with Gasteiger partial charge in [0.25, 0.3) is 0 Å². The van der Waals surface area contributed by atoms with E-state index in [0.717, 1.165) is 57.0 Å². The van der Waals surface area contributed by atoms with Crippen molar-refractivity contribution < 1.29 is 14.6 Å². The van der Waals surface area contributed by atoms with Crippen LogP contribution in [-0.2, 0) is 11.3 Å². The monoisotopic (exact) mass is 437 g/mol. The summed E-state index contributed by atoms with van der Waals surface area (Å²) < 4.78 is 6.36. The zero-order valence-corrected chi connectivity index (χ0v) is 20.0. The van der Waals surface area contributed by atoms with E-state index in [9.17, 15) is 4.79 Å². The Morgan fingerprint density at radius 1 is 0.969 bits per heavy atom. The van der Waals surface area contributed by atoms with Crippen molar-refractivity contribution in [1.82, 2.24) is 4.90 Å². The van der Waals surface area contributed by atoms with Crippen molar-refractivity contribution in [2.75, 3.05) is 13.1 Å². The number of benzene rings is 2. The van der Waals surface area contributed by atoms with E-state index in [1.165, 1.54) is 29.2 Å². The average Bonchev–Trinajstić information content (AvgIpc) is 2.75. The molecule has 4 rings (SSSR count). The molecule has 1 heterocycles. The van der Waals surface area contributed by atoms with Crippen LogP contribution >= 0.6 is 0 Å². The first-order valence-electron chi connectivity index (χ1n) is 12.4. The predicted octanol–water partition coefficient (Wildman–Crippen LogP) is 6.51. The maximum atomic E-state index is 10.9. The van der Waals surface area contributed by atoms with Gasteiger partial charge in [0.05, 0.1) is 6.10 Å². The molecule has 2 aliphatic rings. The van der Waals surface area contributed by atoms with E-state index in [4.69, 9.17) is 9.84 Å². The van der Waals surface area contributed by atoms with Crippen LogP contribution in [0.15, 0.2) is 36.4 Å². The number of piperidine rings is 1. The number of likely N-dealkylation sites (tertiary alicyclic amines) is 1. The van der Waals surface area contributed by atoms with Crippen molar-refractivity contribution in [3.05, 3.63) is 42.0 Å². The minimum atomic E-state index is -0.668. The van der Waals surface area contributed by atoms with E-state index in [1.807, 2.05) is 0 Å². The zero-order valence-electron chi connectivity index (χ0n) is 20.0. The molecular formula is C28H39NO3. The molecule has 1 aliphatic carbocycles. The standard InChI is InChI=1S/C28H39NO3/c1-28(2,3)24-7-10-25(11-8-24)32-26-9-6-22-16-21(4-5-23(22)18-26)19-29-14-12-20(13-15-29)17-27(30)31/h4-6,9,16,18,20,24-25H,7-8,10-15,17,19H2,1-3H3,(H,30,31)/t24-,25-. The highest BCUT2D eigenvalue weighted by Crippen LogP contribution is 2.39. The predicted molar refractivity (Wildman–Crippen MR) is 130 cm³/mol. The van der Waals surface area contributed by atoms with Gasteiger partial charge in [-0.2, -0.15) is 0 Å². The average molecular weight is 438 g/mol. The molecule has 1 saturated carbocycles. The minimum Gasteiger partial charge on any atom is -0.490 e. The van der Waals surface area contributed by atoms with Crippen molar-refractivity contribution in [3.63, 3.8) is 0 Å². The van der Waals surface area contributed by atoms with Crippen LogP contribution in [0, 0.1) is 17.3 Å². The molecule has 2 aromatic carbocycles. The van der Waals surface area contributed by atoms with Crippen LogP contribution < -0.4 is 4.74 Å². The van der Waals surface area contributed by atoms with Gasteiger partial charge in [0.15, 0.2) is 0 Å². The summed E-state index contributed by atoms with van der Waals surface area (Å²) in [5.41, 5.74) is 1.73. The number of rotatable bonds is 6. The number of carboxylic acids is 1. The zero-order chi connectivity index (χ0) is 22.7. The lowest BCUT2D eigenvalue weighted by Gasteiger charge is -2.37. The van der Waals surface area contributed by atoms with Crippen LogP contribution in [0.1, 0.15) is 71.3 Å². The largest absolute Gasteiger partial charge is 0.490 e. The molecule has 1 N–H and O–H groups in total. The van der Waals surface area contributed by atoms with Gasteiger partial charge in [0.1, 0.15) is 5.75 Å². The lowest BCUT2D eigenvalue weighted by Crippen LogP contribution is -2.33. The van der Waals surface area contributed by atoms with Gasteiger partial charge in [-0.3, -0.25) is 9.69 Å². The molecule has 0 spiro atoms. The third kappa shape index (κ3) is 6.04. The van der Waals surface area contributed by atoms with Gasteiger partial charge in [0, 0.05) is 13.0 Å². The summed E-state index contributed by atoms with van der Waals surface area (Å²) in [6.45, 7) is 9.99. The first-order chi connectivity index (χ1) is 15.3. The topological polar surface area (TPSA) is 49.8 Å². The Morgan fingerprint density at radius 2 is 1.62 bits per heavy atom. The molecule has 0 bridgehead atoms. The Balaban J connectivity index is 1.31. The van der Waals surface area contributed by atoms with Crippen molar-refractivity contribution in [2.24, 2.45) is 17.3 Å². The quantitative estimate of drug-likeness (QED) is 0.560. The molecule has 0 atom stereocenters. The molecule has 2 fully saturated rings. The molecule has 4 nitrogen and oxygen atoms in total. The summed E-state index contributed by atoms with van der Waals surface area (Å²) in [6.07, 6.45) is 7.46. The number of hydrogen-bond donors (Lipinski definition) is 1. The molecule has 1 aliphatic heterocycles. The van der Waals surface area contributed by atoms with Crippen molar-refractivity contribution >= 4 is 16.7 Å². The maximum absolute atomic E-state index is 10.9. The molecule has 174 valence electrons. The van der Waals surface area contributed by atoms with Gasteiger partial charge in [-0.15, -0.1) is 0 Å². The molecule has 1 saturated heterocycles. The van der Waals surface area contributed by atoms with Crippen LogP contribution in [0.25, 0.3) is 10.8 Å². The summed E-state index contributed by atoms with van der Waals surface area (Å²) in [6, 6.07) is 13.2. The highest BCUT2D eigenvalue weighted by atomic mass is 16.5. The molecule has 2 aromatic rings. The summed E-state index contributed by atoms with van der Waals surface area (Å²) >= 11 is 0. The number of fused-ring (bicyclic) bond motifs is 1. The van der Waals surface area contributed by atoms with Gasteiger partial charge in [-0.1, -0.05) is 39.0 Å². The highest BCUT2D eigenvalue weighted by Gasteiger charge is 2.30. The van der Waals surface area contributed by atoms with Crippen molar-refractivity contribution in [3.8, 4) is 5.75 Å². The fourth-order valence-corrected chi connectivity index (χ4v) is 5.54. The van der Waals surface area contributed by atoms with Crippen LogP contribution in [0.5, 0.6) is 5.75 Å². The number of carbonyl (C=O) groups is 1. The van der Waals surface area contributed by atoms with E-state index in [1.54, 1.807) is 0 Å². The summed E-state index contributed by atoms with van der Waals surface area (Å²) in [5.74, 6) is 1.46. The Hall–Kier alpha value is -2.07. The number of carboxylic acid groups (broad SMARTS) is 1. The lowest BCUT2D eigenvalue weighted by molar-refractivity contribution is -0.138. The van der Waals surface area contributed by atoms with E-state index in [-0.39, 0.29) is 0 Å². The second kappa shape index (κ2) is 9.82. The van der Waals surface area contributed by atoms with Gasteiger partial charge >= 0.3 is 5.97 Å². The van der Waals surface area contributed by atoms with Crippen LogP contribution in [-0.4, -0.2) is 35.2 Å². The Kier molecular flexibility index (Phi) is 7.09. The van der Waals surface area contributed by atoms with Gasteiger partial charge < -0.3 is 9.84 Å². The number of nitrogens with zero attached hydrogens (tertiary/aromatic N) is 1. The molecule has 4 heteroatoms. The highest BCUT2D eigenvalue weighted by molar-refractivity contribution is 5.84. The van der Waals surface area contributed by atoms with Crippen LogP contribution in [0.2, 0.25) is 0 Å². The lowest BCUT2D eigenvalue weighted by atomic mass is 9.72. The summed E-state index contributed by atoms with van der Waals surface area (Å²) in [4.78, 5) is 13.4. The second-order valence-electron chi connectivity index (χ2n) is 11.1. The van der Waals surface area contributed by atoms with Gasteiger partial charge in [-0.25, -0.2) is 0 Å². The Labute approximate surface area is 192 Å². The minimum absolute atomic E-state index is 0.312. The second-order valence-corrected chi connectivity index (χ2v) is 11.1. The summed E-state index contributed by atoms with van der Waals surface area (Å²) in [5, 5.41) is 11.5. The fourth-order valence-electron chi connectivity index (χ4n) is 5.54. The maximum Gasteiger partial charge on any atom is 0.303 e. The third-order valence-corrected chi connectivity index (χ3v) is 7.65. The summed E-state index contributed by atoms with van der Waals surface area (Å²) in [7, 11) is 0. The fraction of sp³-hybridized carbons (Fsp3) is 0.607. The number of aliphatic carboxylic acids is 1. The van der Waals surface area contributed by atoms with Crippen molar-refractivity contribution in [2.45, 2.75) is 78.4 Å². The van der Waals surface area contributed by atoms with Crippen molar-refractivity contribution in [1.29, 1.82) is 0 Å². The molecule has 0 amide bonds. The number of hydrogen-bond acceptors (Lipinski definition) is 3. The molecule has 0 radical (unpaired) electrons. The SMILES string of the molecule is CC(C)(C)[C@H]1CC[C@H](Oc2ccc3cc(CN4CCC(CC(=O)O)CC4)ccc3c2)CC1. The smallest absolute Gasteiger partial charge is 0.303 e. The van der Waals surface area contributed by atoms with E-state index < -0.39 is 5.97 Å². The van der Waals surface area contributed by atoms with E-state index >= 15 is 0 Å². The first-order valence-corrected chi connectivity index (χ1v) is 12.4. The Morgan fingerprint density at radius 3 is 2.28 bits per heavy atom.